The SMILES string of the molecule is Cc1ccccc1C(=O)Nc1ccccc1S(C)(=O)=O. The first-order chi connectivity index (χ1) is 9.39. The minimum Gasteiger partial charge on any atom is -0.321 e. The third kappa shape index (κ3) is 3.05. The Bertz CT molecular complexity index is 751. The average Bonchev–Trinajstić information content (AvgIpc) is 2.38. The first kappa shape index (κ1) is 14.3. The first-order valence-electron chi connectivity index (χ1n) is 6.05. The highest BCUT2D eigenvalue weighted by atomic mass is 32.2. The van der Waals surface area contributed by atoms with Crippen molar-refractivity contribution in [1.82, 2.24) is 0 Å². The van der Waals surface area contributed by atoms with Crippen LogP contribution >= 0.6 is 0 Å². The predicted molar refractivity (Wildman–Crippen MR) is 78.7 cm³/mol. The summed E-state index contributed by atoms with van der Waals surface area (Å²) in [6.45, 7) is 1.83. The van der Waals surface area contributed by atoms with Crippen LogP contribution in [0.5, 0.6) is 0 Å². The molecule has 4 nitrogen and oxygen atoms in total. The van der Waals surface area contributed by atoms with E-state index in [-0.39, 0.29) is 10.8 Å². The number of para-hydroxylation sites is 1. The molecular weight excluding hydrogens is 274 g/mol. The van der Waals surface area contributed by atoms with Crippen molar-refractivity contribution in [3.05, 3.63) is 59.7 Å². The zero-order chi connectivity index (χ0) is 14.8. The highest BCUT2D eigenvalue weighted by Gasteiger charge is 2.15. The van der Waals surface area contributed by atoms with E-state index in [1.54, 1.807) is 30.3 Å². The number of hydrogen-bond acceptors (Lipinski definition) is 3. The summed E-state index contributed by atoms with van der Waals surface area (Å²) in [7, 11) is -3.39. The molecule has 2 rings (SSSR count). The molecule has 0 aliphatic carbocycles. The standard InChI is InChI=1S/C15H15NO3S/c1-11-7-3-4-8-12(11)15(17)16-13-9-5-6-10-14(13)20(2,18)19/h3-10H,1-2H3,(H,16,17). The molecule has 0 unspecified atom stereocenters. The number of carbonyl (C=O) groups is 1. The zero-order valence-corrected chi connectivity index (χ0v) is 12.1. The van der Waals surface area contributed by atoms with Crippen molar-refractivity contribution in [3.8, 4) is 0 Å². The van der Waals surface area contributed by atoms with Crippen molar-refractivity contribution in [2.24, 2.45) is 0 Å². The van der Waals surface area contributed by atoms with E-state index >= 15 is 0 Å². The van der Waals surface area contributed by atoms with Crippen molar-refractivity contribution >= 4 is 21.4 Å². The number of sulfone groups is 1. The predicted octanol–water partition coefficient (Wildman–Crippen LogP) is 2.65. The maximum Gasteiger partial charge on any atom is 0.255 e. The lowest BCUT2D eigenvalue weighted by atomic mass is 10.1. The number of hydrogen-bond donors (Lipinski definition) is 1. The van der Waals surface area contributed by atoms with Gasteiger partial charge in [0.15, 0.2) is 9.84 Å². The summed E-state index contributed by atoms with van der Waals surface area (Å²) in [6.07, 6.45) is 1.12. The van der Waals surface area contributed by atoms with Gasteiger partial charge in [0.2, 0.25) is 0 Å². The van der Waals surface area contributed by atoms with Crippen molar-refractivity contribution in [1.29, 1.82) is 0 Å². The van der Waals surface area contributed by atoms with Crippen LogP contribution in [-0.4, -0.2) is 20.6 Å². The molecule has 1 N–H and O–H groups in total. The highest BCUT2D eigenvalue weighted by Crippen LogP contribution is 2.21. The molecular formula is C15H15NO3S. The Kier molecular flexibility index (Phi) is 3.90. The van der Waals surface area contributed by atoms with Gasteiger partial charge in [0.05, 0.1) is 10.6 Å². The molecule has 0 bridgehead atoms. The molecule has 0 saturated heterocycles. The molecule has 0 atom stereocenters. The van der Waals surface area contributed by atoms with Crippen LogP contribution in [0.15, 0.2) is 53.4 Å². The minimum atomic E-state index is -3.39. The largest absolute Gasteiger partial charge is 0.321 e. The maximum absolute atomic E-state index is 12.2. The van der Waals surface area contributed by atoms with Crippen molar-refractivity contribution in [2.45, 2.75) is 11.8 Å². The van der Waals surface area contributed by atoms with Gasteiger partial charge in [-0.1, -0.05) is 30.3 Å². The normalized spacial score (nSPS) is 11.1. The molecule has 0 radical (unpaired) electrons. The summed E-state index contributed by atoms with van der Waals surface area (Å²) in [5.74, 6) is -0.320. The van der Waals surface area contributed by atoms with Gasteiger partial charge in [-0.15, -0.1) is 0 Å². The number of carbonyl (C=O) groups excluding carboxylic acids is 1. The van der Waals surface area contributed by atoms with E-state index in [2.05, 4.69) is 5.32 Å². The summed E-state index contributed by atoms with van der Waals surface area (Å²) >= 11 is 0. The fraction of sp³-hybridized carbons (Fsp3) is 0.133. The molecule has 0 spiro atoms. The van der Waals surface area contributed by atoms with Crippen molar-refractivity contribution in [2.75, 3.05) is 11.6 Å². The van der Waals surface area contributed by atoms with Crippen LogP contribution in [0, 0.1) is 6.92 Å². The van der Waals surface area contributed by atoms with E-state index in [4.69, 9.17) is 0 Å². The van der Waals surface area contributed by atoms with E-state index in [0.29, 0.717) is 11.3 Å². The van der Waals surface area contributed by atoms with Gasteiger partial charge in [-0.3, -0.25) is 4.79 Å². The fourth-order valence-electron chi connectivity index (χ4n) is 1.91. The number of anilines is 1. The summed E-state index contributed by atoms with van der Waals surface area (Å²) in [4.78, 5) is 12.3. The molecule has 0 heterocycles. The van der Waals surface area contributed by atoms with Crippen LogP contribution in [-0.2, 0) is 9.84 Å². The van der Waals surface area contributed by atoms with Gasteiger partial charge in [-0.05, 0) is 30.7 Å². The van der Waals surface area contributed by atoms with Crippen LogP contribution in [0.1, 0.15) is 15.9 Å². The summed E-state index contributed by atoms with van der Waals surface area (Å²) < 4.78 is 23.4. The Balaban J connectivity index is 2.37. The van der Waals surface area contributed by atoms with Crippen molar-refractivity contribution < 1.29 is 13.2 Å². The minimum absolute atomic E-state index is 0.113. The highest BCUT2D eigenvalue weighted by molar-refractivity contribution is 7.90. The monoisotopic (exact) mass is 289 g/mol. The molecule has 0 fully saturated rings. The van der Waals surface area contributed by atoms with Gasteiger partial charge in [0, 0.05) is 11.8 Å². The lowest BCUT2D eigenvalue weighted by molar-refractivity contribution is 0.102. The van der Waals surface area contributed by atoms with Gasteiger partial charge < -0.3 is 5.32 Å². The Morgan fingerprint density at radius 1 is 1.00 bits per heavy atom. The van der Waals surface area contributed by atoms with Gasteiger partial charge in [0.1, 0.15) is 0 Å². The molecule has 5 heteroatoms. The number of rotatable bonds is 3. The van der Waals surface area contributed by atoms with Crippen LogP contribution in [0.25, 0.3) is 0 Å². The lowest BCUT2D eigenvalue weighted by Gasteiger charge is -2.10. The molecule has 2 aromatic rings. The van der Waals surface area contributed by atoms with E-state index in [1.807, 2.05) is 19.1 Å². The van der Waals surface area contributed by atoms with Crippen molar-refractivity contribution in [3.63, 3.8) is 0 Å². The third-order valence-corrected chi connectivity index (χ3v) is 4.08. The number of nitrogens with one attached hydrogen (secondary N) is 1. The Labute approximate surface area is 118 Å². The Morgan fingerprint density at radius 2 is 1.60 bits per heavy atom. The molecule has 0 aromatic heterocycles. The smallest absolute Gasteiger partial charge is 0.255 e. The molecule has 0 saturated carbocycles. The molecule has 20 heavy (non-hydrogen) atoms. The summed E-state index contributed by atoms with van der Waals surface area (Å²) in [5.41, 5.74) is 1.65. The van der Waals surface area contributed by atoms with E-state index < -0.39 is 9.84 Å². The quantitative estimate of drug-likeness (QED) is 0.944. The third-order valence-electron chi connectivity index (χ3n) is 2.92. The number of amides is 1. The lowest BCUT2D eigenvalue weighted by Crippen LogP contribution is -2.15. The fourth-order valence-corrected chi connectivity index (χ4v) is 2.75. The second-order valence-electron chi connectivity index (χ2n) is 4.54. The summed E-state index contributed by atoms with van der Waals surface area (Å²) in [5, 5.41) is 2.66. The van der Waals surface area contributed by atoms with E-state index in [1.165, 1.54) is 6.07 Å². The number of benzene rings is 2. The average molecular weight is 289 g/mol. The van der Waals surface area contributed by atoms with Crippen LogP contribution in [0.2, 0.25) is 0 Å². The molecule has 0 aliphatic heterocycles. The second-order valence-corrected chi connectivity index (χ2v) is 6.52. The Morgan fingerprint density at radius 3 is 2.25 bits per heavy atom. The molecule has 1 amide bonds. The topological polar surface area (TPSA) is 63.2 Å². The van der Waals surface area contributed by atoms with Gasteiger partial charge in [-0.2, -0.15) is 0 Å². The molecule has 0 aliphatic rings. The Hall–Kier alpha value is -2.14. The van der Waals surface area contributed by atoms with E-state index in [9.17, 15) is 13.2 Å². The van der Waals surface area contributed by atoms with Crippen LogP contribution in [0.4, 0.5) is 5.69 Å². The maximum atomic E-state index is 12.2. The number of aryl methyl sites for hydroxylation is 1. The van der Waals surface area contributed by atoms with Gasteiger partial charge >= 0.3 is 0 Å². The summed E-state index contributed by atoms with van der Waals surface area (Å²) in [6, 6.07) is 13.5. The molecule has 104 valence electrons. The van der Waals surface area contributed by atoms with Gasteiger partial charge in [0.25, 0.3) is 5.91 Å². The van der Waals surface area contributed by atoms with Crippen LogP contribution < -0.4 is 5.32 Å². The first-order valence-corrected chi connectivity index (χ1v) is 7.95. The molecule has 2 aromatic carbocycles. The van der Waals surface area contributed by atoms with Crippen LogP contribution in [0.3, 0.4) is 0 Å². The zero-order valence-electron chi connectivity index (χ0n) is 11.3. The second kappa shape index (κ2) is 5.46. The van der Waals surface area contributed by atoms with E-state index in [0.717, 1.165) is 11.8 Å². The van der Waals surface area contributed by atoms with Gasteiger partial charge in [-0.25, -0.2) is 8.42 Å².